The Morgan fingerprint density at radius 3 is 2.25 bits per heavy atom. The topological polar surface area (TPSA) is 80.9 Å². The van der Waals surface area contributed by atoms with Crippen LogP contribution in [0.25, 0.3) is 10.8 Å². The predicted molar refractivity (Wildman–Crippen MR) is 94.7 cm³/mol. The van der Waals surface area contributed by atoms with Gasteiger partial charge in [0.1, 0.15) is 23.4 Å². The van der Waals surface area contributed by atoms with Gasteiger partial charge in [0.2, 0.25) is 0 Å². The molecule has 0 amide bonds. The lowest BCUT2D eigenvalue weighted by Gasteiger charge is -2.36. The van der Waals surface area contributed by atoms with Crippen molar-refractivity contribution in [1.29, 1.82) is 0 Å². The summed E-state index contributed by atoms with van der Waals surface area (Å²) in [6, 6.07) is 3.78. The van der Waals surface area contributed by atoms with E-state index in [1.807, 2.05) is 39.8 Å². The molecule has 0 fully saturated rings. The highest BCUT2D eigenvalue weighted by molar-refractivity contribution is 5.97. The first-order valence-corrected chi connectivity index (χ1v) is 8.22. The van der Waals surface area contributed by atoms with E-state index >= 15 is 0 Å². The Bertz CT molecular complexity index is 891. The summed E-state index contributed by atoms with van der Waals surface area (Å²) in [5.74, 6) is 0.0729. The van der Waals surface area contributed by atoms with E-state index in [1.54, 1.807) is 6.92 Å². The summed E-state index contributed by atoms with van der Waals surface area (Å²) in [6.45, 7) is 9.24. The summed E-state index contributed by atoms with van der Waals surface area (Å²) in [7, 11) is 0. The van der Waals surface area contributed by atoms with Crippen molar-refractivity contribution in [3.63, 3.8) is 0 Å². The highest BCUT2D eigenvalue weighted by Gasteiger charge is 2.40. The molecule has 4 N–H and O–H groups in total. The molecule has 0 saturated carbocycles. The molecule has 4 heteroatoms. The van der Waals surface area contributed by atoms with E-state index in [4.69, 9.17) is 0 Å². The minimum atomic E-state index is -1.09. The van der Waals surface area contributed by atoms with Crippen LogP contribution in [0.4, 0.5) is 0 Å². The molecule has 0 aliphatic heterocycles. The van der Waals surface area contributed by atoms with Crippen molar-refractivity contribution in [3.05, 3.63) is 45.7 Å². The predicted octanol–water partition coefficient (Wildman–Crippen LogP) is 4.28. The molecule has 0 spiro atoms. The van der Waals surface area contributed by atoms with Crippen LogP contribution in [0.3, 0.4) is 0 Å². The molecule has 2 aromatic rings. The van der Waals surface area contributed by atoms with Gasteiger partial charge in [-0.25, -0.2) is 0 Å². The van der Waals surface area contributed by atoms with Crippen LogP contribution in [0.15, 0.2) is 23.5 Å². The van der Waals surface area contributed by atoms with Crippen LogP contribution in [-0.4, -0.2) is 20.4 Å². The third-order valence-electron chi connectivity index (χ3n) is 5.42. The van der Waals surface area contributed by atoms with Crippen molar-refractivity contribution in [2.24, 2.45) is 0 Å². The van der Waals surface area contributed by atoms with Crippen molar-refractivity contribution in [1.82, 2.24) is 0 Å². The molecule has 4 nitrogen and oxygen atoms in total. The number of hydrogen-bond acceptors (Lipinski definition) is 4. The summed E-state index contributed by atoms with van der Waals surface area (Å²) >= 11 is 0. The van der Waals surface area contributed by atoms with Gasteiger partial charge in [-0.05, 0) is 67.8 Å². The Labute approximate surface area is 141 Å². The second-order valence-corrected chi connectivity index (χ2v) is 7.22. The maximum absolute atomic E-state index is 10.9. The van der Waals surface area contributed by atoms with Gasteiger partial charge in [0.25, 0.3) is 0 Å². The molecule has 1 unspecified atom stereocenters. The lowest BCUT2D eigenvalue weighted by Crippen LogP contribution is -2.29. The minimum absolute atomic E-state index is 0.0641. The van der Waals surface area contributed by atoms with E-state index in [0.717, 1.165) is 11.1 Å². The molecule has 0 aromatic heterocycles. The first-order chi connectivity index (χ1) is 11.1. The number of aliphatic hydroxyl groups is 2. The molecule has 2 aromatic carbocycles. The van der Waals surface area contributed by atoms with Gasteiger partial charge in [-0.15, -0.1) is 0 Å². The molecule has 0 heterocycles. The number of allylic oxidation sites excluding steroid dienone is 1. The molecule has 1 aliphatic rings. The van der Waals surface area contributed by atoms with Crippen LogP contribution in [0.5, 0.6) is 11.5 Å². The summed E-state index contributed by atoms with van der Waals surface area (Å²) in [5.41, 5.74) is 2.47. The van der Waals surface area contributed by atoms with E-state index in [2.05, 4.69) is 0 Å². The summed E-state index contributed by atoms with van der Waals surface area (Å²) in [5, 5.41) is 43.6. The number of aromatic hydroxyl groups is 2. The number of phenols is 2. The maximum atomic E-state index is 10.9. The highest BCUT2D eigenvalue weighted by atomic mass is 16.3. The number of benzene rings is 2. The van der Waals surface area contributed by atoms with Crippen molar-refractivity contribution < 1.29 is 20.4 Å². The largest absolute Gasteiger partial charge is 0.511 e. The SMILES string of the molecule is CCc1c(C)cc2cc3c(c(O)c2c1O)C(O)C(C)=C(O)C3(C)C. The number of fused-ring (bicyclic) bond motifs is 2. The minimum Gasteiger partial charge on any atom is -0.511 e. The van der Waals surface area contributed by atoms with Crippen LogP contribution >= 0.6 is 0 Å². The third kappa shape index (κ3) is 1.96. The molecule has 24 heavy (non-hydrogen) atoms. The fourth-order valence-corrected chi connectivity index (χ4v) is 3.93. The van der Waals surface area contributed by atoms with Gasteiger partial charge in [-0.3, -0.25) is 0 Å². The molecule has 1 aliphatic carbocycles. The van der Waals surface area contributed by atoms with Gasteiger partial charge < -0.3 is 20.4 Å². The highest BCUT2D eigenvalue weighted by Crippen LogP contribution is 2.51. The zero-order valence-electron chi connectivity index (χ0n) is 14.7. The molecule has 0 bridgehead atoms. The molecule has 0 saturated heterocycles. The number of aryl methyl sites for hydroxylation is 1. The number of aliphatic hydroxyl groups excluding tert-OH is 2. The normalized spacial score (nSPS) is 19.7. The second kappa shape index (κ2) is 5.15. The zero-order valence-corrected chi connectivity index (χ0v) is 14.7. The average molecular weight is 328 g/mol. The quantitative estimate of drug-likeness (QED) is 0.630. The Balaban J connectivity index is 2.49. The van der Waals surface area contributed by atoms with Gasteiger partial charge in [-0.1, -0.05) is 13.0 Å². The van der Waals surface area contributed by atoms with Gasteiger partial charge in [-0.2, -0.15) is 0 Å². The molecular weight excluding hydrogens is 304 g/mol. The average Bonchev–Trinajstić information content (AvgIpc) is 2.51. The fourth-order valence-electron chi connectivity index (χ4n) is 3.93. The maximum Gasteiger partial charge on any atom is 0.133 e. The van der Waals surface area contributed by atoms with Gasteiger partial charge in [0.05, 0.1) is 5.39 Å². The number of phenolic OH excluding ortho intramolecular Hbond substituents is 2. The lowest BCUT2D eigenvalue weighted by molar-refractivity contribution is 0.181. The van der Waals surface area contributed by atoms with Crippen molar-refractivity contribution in [2.75, 3.05) is 0 Å². The summed E-state index contributed by atoms with van der Waals surface area (Å²) < 4.78 is 0. The summed E-state index contributed by atoms with van der Waals surface area (Å²) in [6.07, 6.45) is -0.444. The van der Waals surface area contributed by atoms with Gasteiger partial charge >= 0.3 is 0 Å². The van der Waals surface area contributed by atoms with Crippen molar-refractivity contribution in [2.45, 2.75) is 52.6 Å². The third-order valence-corrected chi connectivity index (χ3v) is 5.42. The smallest absolute Gasteiger partial charge is 0.133 e. The fraction of sp³-hybridized carbons (Fsp3) is 0.400. The zero-order chi connectivity index (χ0) is 18.0. The molecule has 3 rings (SSSR count). The van der Waals surface area contributed by atoms with Crippen LogP contribution < -0.4 is 0 Å². The first kappa shape index (κ1) is 16.7. The molecule has 1 atom stereocenters. The number of hydrogen-bond donors (Lipinski definition) is 4. The molecule has 128 valence electrons. The second-order valence-electron chi connectivity index (χ2n) is 7.22. The van der Waals surface area contributed by atoms with E-state index < -0.39 is 11.5 Å². The van der Waals surface area contributed by atoms with Crippen LogP contribution in [0.1, 0.15) is 56.1 Å². The summed E-state index contributed by atoms with van der Waals surface area (Å²) in [4.78, 5) is 0. The Kier molecular flexibility index (Phi) is 3.57. The van der Waals surface area contributed by atoms with E-state index in [0.29, 0.717) is 33.9 Å². The Hall–Kier alpha value is -2.20. The van der Waals surface area contributed by atoms with Crippen molar-refractivity contribution >= 4 is 10.8 Å². The Morgan fingerprint density at radius 2 is 1.67 bits per heavy atom. The van der Waals surface area contributed by atoms with Crippen LogP contribution in [0, 0.1) is 6.92 Å². The molecular formula is C20H24O4. The first-order valence-electron chi connectivity index (χ1n) is 8.22. The van der Waals surface area contributed by atoms with Gasteiger partial charge in [0, 0.05) is 11.0 Å². The van der Waals surface area contributed by atoms with Crippen molar-refractivity contribution in [3.8, 4) is 11.5 Å². The lowest BCUT2D eigenvalue weighted by atomic mass is 9.71. The van der Waals surface area contributed by atoms with Crippen LogP contribution in [-0.2, 0) is 11.8 Å². The monoisotopic (exact) mass is 328 g/mol. The number of rotatable bonds is 1. The van der Waals surface area contributed by atoms with E-state index in [9.17, 15) is 20.4 Å². The van der Waals surface area contributed by atoms with E-state index in [1.165, 1.54) is 0 Å². The Morgan fingerprint density at radius 1 is 1.04 bits per heavy atom. The van der Waals surface area contributed by atoms with E-state index in [-0.39, 0.29) is 17.3 Å². The van der Waals surface area contributed by atoms with Crippen LogP contribution in [0.2, 0.25) is 0 Å². The standard InChI is InChI=1S/C20H24O4/c1-6-12-9(2)7-11-8-13-15(18(23)14(11)17(12)22)16(21)10(3)19(24)20(13,4)5/h7-8,16,21-24H,6H2,1-5H3. The molecule has 0 radical (unpaired) electrons. The van der Waals surface area contributed by atoms with Gasteiger partial charge in [0.15, 0.2) is 0 Å².